The summed E-state index contributed by atoms with van der Waals surface area (Å²) in [5, 5.41) is 12.2. The average molecular weight is 741 g/mol. The molecule has 1 saturated heterocycles. The third-order valence-corrected chi connectivity index (χ3v) is 10.9. The van der Waals surface area contributed by atoms with Crippen LogP contribution < -0.4 is 26.3 Å². The van der Waals surface area contributed by atoms with Crippen LogP contribution in [0, 0.1) is 5.92 Å². The highest BCUT2D eigenvalue weighted by Gasteiger charge is 2.69. The van der Waals surface area contributed by atoms with Crippen molar-refractivity contribution in [1.29, 1.82) is 0 Å². The number of carbonyl (C=O) groups is 2. The van der Waals surface area contributed by atoms with E-state index in [-0.39, 0.29) is 35.2 Å². The van der Waals surface area contributed by atoms with Crippen LogP contribution in [0.3, 0.4) is 0 Å². The third kappa shape index (κ3) is 4.81. The first-order valence-corrected chi connectivity index (χ1v) is 17.2. The minimum atomic E-state index is -1.59. The maximum atomic E-state index is 15.4. The number of phenolic OH excluding ortho intramolecular Hbond substituents is 1. The van der Waals surface area contributed by atoms with Gasteiger partial charge in [-0.2, -0.15) is 5.01 Å². The fourth-order valence-corrected chi connectivity index (χ4v) is 8.60. The number of nitrogens with zero attached hydrogens (tertiary/aromatic N) is 4. The Hall–Kier alpha value is -5.72. The number of allylic oxidation sites excluding steroid dienone is 2. The van der Waals surface area contributed by atoms with E-state index in [9.17, 15) is 19.5 Å². The quantitative estimate of drug-likeness (QED) is 0.166. The molecular weight excluding hydrogens is 709 g/mol. The number of aromatic hydroxyl groups is 1. The van der Waals surface area contributed by atoms with Gasteiger partial charge in [-0.15, -0.1) is 0 Å². The molecule has 0 bridgehead atoms. The van der Waals surface area contributed by atoms with Crippen molar-refractivity contribution in [2.75, 3.05) is 19.6 Å². The summed E-state index contributed by atoms with van der Waals surface area (Å²) < 4.78 is 14.8. The number of hydrogen-bond donors (Lipinski definition) is 2. The summed E-state index contributed by atoms with van der Waals surface area (Å²) >= 11 is 12.7. The number of phenols is 1. The molecule has 264 valence electrons. The van der Waals surface area contributed by atoms with Crippen LogP contribution in [0.4, 0.5) is 5.69 Å². The van der Waals surface area contributed by atoms with Crippen LogP contribution in [0.1, 0.15) is 29.5 Å². The molecule has 3 aliphatic rings. The van der Waals surface area contributed by atoms with Crippen molar-refractivity contribution in [3.8, 4) is 22.9 Å². The Kier molecular flexibility index (Phi) is 8.03. The molecule has 2 fully saturated rings. The molecule has 4 atom stereocenters. The zero-order valence-corrected chi connectivity index (χ0v) is 29.3. The molecule has 1 saturated carbocycles. The Bertz CT molecular complexity index is 2420. The van der Waals surface area contributed by atoms with Crippen LogP contribution >= 0.6 is 23.2 Å². The Balaban J connectivity index is 1.39. The zero-order valence-electron chi connectivity index (χ0n) is 27.8. The van der Waals surface area contributed by atoms with E-state index in [1.165, 1.54) is 35.7 Å². The van der Waals surface area contributed by atoms with Crippen LogP contribution in [0.2, 0.25) is 10.0 Å². The largest absolute Gasteiger partial charge is 0.504 e. The second-order valence-electron chi connectivity index (χ2n) is 12.8. The molecule has 4 aromatic carbocycles. The molecule has 5 aromatic rings. The van der Waals surface area contributed by atoms with E-state index >= 15 is 4.79 Å². The maximum absolute atomic E-state index is 15.4. The number of nitrogens with one attached hydrogen (secondary N) is 1. The van der Waals surface area contributed by atoms with Crippen LogP contribution in [0.5, 0.6) is 17.2 Å². The number of methoxy groups -OCH3 is 2. The van der Waals surface area contributed by atoms with Crippen LogP contribution in [0.15, 0.2) is 112 Å². The molecule has 12 nitrogen and oxygen atoms in total. The predicted octanol–water partition coefficient (Wildman–Crippen LogP) is 5.45. The third-order valence-electron chi connectivity index (χ3n) is 10.4. The molecule has 2 aliphatic heterocycles. The standard InChI is InChI=1S/C38H31Cl2N5O7/c1-51-25-12-9-22(10-13-25)38-27(34(47)44(35(38)48)41-29-14-11-23(39)19-28(29)40)20-30-26(33(38)21-8-15-31(46)32(18-21)52-2)16-17-42-36(49)43(37(50)45(30)42)24-6-4-3-5-7-24/h3-16,18-19,27,30,33,41,46H,17,20H2,1-2H3/t27-,30+,33-,38+/m0/s1. The lowest BCUT2D eigenvalue weighted by Gasteiger charge is -2.49. The number of benzene rings is 4. The topological polar surface area (TPSA) is 137 Å². The number of halogens is 2. The van der Waals surface area contributed by atoms with Gasteiger partial charge in [-0.05, 0) is 77.7 Å². The van der Waals surface area contributed by atoms with Gasteiger partial charge in [-0.1, -0.05) is 65.7 Å². The second-order valence-corrected chi connectivity index (χ2v) is 13.7. The van der Waals surface area contributed by atoms with Gasteiger partial charge < -0.3 is 14.6 Å². The lowest BCUT2D eigenvalue weighted by molar-refractivity contribution is -0.138. The van der Waals surface area contributed by atoms with Gasteiger partial charge in [0.15, 0.2) is 11.5 Å². The first-order valence-electron chi connectivity index (χ1n) is 16.4. The predicted molar refractivity (Wildman–Crippen MR) is 194 cm³/mol. The summed E-state index contributed by atoms with van der Waals surface area (Å²) in [6.07, 6.45) is 1.86. The summed E-state index contributed by atoms with van der Waals surface area (Å²) in [4.78, 5) is 58.4. The summed E-state index contributed by atoms with van der Waals surface area (Å²) in [6.45, 7) is 0.0271. The van der Waals surface area contributed by atoms with Gasteiger partial charge in [0, 0.05) is 10.9 Å². The Labute approximate surface area is 306 Å². The van der Waals surface area contributed by atoms with E-state index in [0.29, 0.717) is 33.2 Å². The molecule has 8 rings (SSSR count). The molecule has 52 heavy (non-hydrogen) atoms. The monoisotopic (exact) mass is 739 g/mol. The molecule has 2 amide bonds. The Morgan fingerprint density at radius 2 is 1.62 bits per heavy atom. The van der Waals surface area contributed by atoms with E-state index in [2.05, 4.69) is 5.43 Å². The summed E-state index contributed by atoms with van der Waals surface area (Å²) in [6, 6.07) is 24.2. The van der Waals surface area contributed by atoms with E-state index in [1.54, 1.807) is 78.9 Å². The first-order chi connectivity index (χ1) is 25.1. The van der Waals surface area contributed by atoms with E-state index < -0.39 is 46.5 Å². The zero-order chi connectivity index (χ0) is 36.5. The van der Waals surface area contributed by atoms with Crippen molar-refractivity contribution >= 4 is 40.7 Å². The second kappa shape index (κ2) is 12.5. The van der Waals surface area contributed by atoms with Gasteiger partial charge in [0.1, 0.15) is 5.75 Å². The normalized spacial score (nSPS) is 22.0. The number of imide groups is 1. The summed E-state index contributed by atoms with van der Waals surface area (Å²) in [5.74, 6) is -2.50. The number of anilines is 1. The highest BCUT2D eigenvalue weighted by Crippen LogP contribution is 2.62. The molecular formula is C38H31Cl2N5O7. The number of hydrazine groups is 1. The average Bonchev–Trinajstić information content (AvgIpc) is 3.54. The first kappa shape index (κ1) is 33.4. The molecule has 3 heterocycles. The minimum absolute atomic E-state index is 0.00116. The smallest absolute Gasteiger partial charge is 0.352 e. The van der Waals surface area contributed by atoms with Crippen LogP contribution in [-0.4, -0.2) is 50.1 Å². The number of para-hydroxylation sites is 1. The van der Waals surface area contributed by atoms with Crippen LogP contribution in [0.25, 0.3) is 5.69 Å². The number of hydrogen-bond acceptors (Lipinski definition) is 8. The van der Waals surface area contributed by atoms with Crippen molar-refractivity contribution in [2.24, 2.45) is 5.92 Å². The van der Waals surface area contributed by atoms with E-state index in [1.807, 2.05) is 6.08 Å². The fraction of sp³-hybridized carbons (Fsp3) is 0.211. The van der Waals surface area contributed by atoms with Crippen LogP contribution in [-0.2, 0) is 21.5 Å². The highest BCUT2D eigenvalue weighted by atomic mass is 35.5. The number of carbonyl (C=O) groups excluding carboxylic acids is 2. The number of rotatable bonds is 7. The van der Waals surface area contributed by atoms with Gasteiger partial charge in [0.25, 0.3) is 11.8 Å². The fourth-order valence-electron chi connectivity index (χ4n) is 8.15. The van der Waals surface area contributed by atoms with Gasteiger partial charge in [-0.3, -0.25) is 15.0 Å². The lowest BCUT2D eigenvalue weighted by atomic mass is 9.53. The summed E-state index contributed by atoms with van der Waals surface area (Å²) in [5.41, 5.74) is 2.67. The van der Waals surface area contributed by atoms with Crippen molar-refractivity contribution in [3.05, 3.63) is 145 Å². The molecule has 0 radical (unpaired) electrons. The van der Waals surface area contributed by atoms with Crippen molar-refractivity contribution in [2.45, 2.75) is 30.3 Å². The van der Waals surface area contributed by atoms with Crippen molar-refractivity contribution in [1.82, 2.24) is 18.9 Å². The number of aromatic nitrogens is 3. The number of fused-ring (bicyclic) bond motifs is 4. The van der Waals surface area contributed by atoms with Crippen molar-refractivity contribution in [3.63, 3.8) is 0 Å². The SMILES string of the molecule is COc1ccc([C@@]23C(=O)N(Nc4ccc(Cl)cc4Cl)C(=O)[C@@H]2C[C@@H]2C(=CCn4c(=O)n(-c5ccccc5)c(=O)n42)[C@@H]3c2ccc(O)c(OC)c2)cc1. The Morgan fingerprint density at radius 1 is 0.865 bits per heavy atom. The molecule has 0 unspecified atom stereocenters. The van der Waals surface area contributed by atoms with E-state index in [0.717, 1.165) is 9.58 Å². The number of ether oxygens (including phenoxy) is 2. The molecule has 1 aliphatic carbocycles. The molecule has 0 spiro atoms. The highest BCUT2D eigenvalue weighted by molar-refractivity contribution is 6.36. The lowest BCUT2D eigenvalue weighted by Crippen LogP contribution is -2.53. The molecule has 14 heteroatoms. The van der Waals surface area contributed by atoms with Crippen molar-refractivity contribution < 1.29 is 24.2 Å². The Morgan fingerprint density at radius 3 is 2.31 bits per heavy atom. The van der Waals surface area contributed by atoms with Gasteiger partial charge in [-0.25, -0.2) is 23.5 Å². The minimum Gasteiger partial charge on any atom is -0.504 e. The maximum Gasteiger partial charge on any atom is 0.352 e. The van der Waals surface area contributed by atoms with Gasteiger partial charge in [0.2, 0.25) is 0 Å². The van der Waals surface area contributed by atoms with E-state index in [4.69, 9.17) is 32.7 Å². The number of amides is 2. The molecule has 1 aromatic heterocycles. The van der Waals surface area contributed by atoms with Gasteiger partial charge in [0.05, 0.1) is 54.5 Å². The van der Waals surface area contributed by atoms with Gasteiger partial charge >= 0.3 is 11.4 Å². The molecule has 2 N–H and O–H groups in total. The summed E-state index contributed by atoms with van der Waals surface area (Å²) in [7, 11) is 2.95.